The van der Waals surface area contributed by atoms with Crippen molar-refractivity contribution in [3.63, 3.8) is 0 Å². The van der Waals surface area contributed by atoms with Crippen LogP contribution in [0.4, 0.5) is 5.69 Å². The molecule has 1 aliphatic rings. The Bertz CT molecular complexity index is 1250. The van der Waals surface area contributed by atoms with Gasteiger partial charge < -0.3 is 14.6 Å². The zero-order valence-electron chi connectivity index (χ0n) is 17.7. The number of carbonyl (C=O) groups excluding carboxylic acids is 2. The molecule has 6 nitrogen and oxygen atoms in total. The Morgan fingerprint density at radius 2 is 1.52 bits per heavy atom. The van der Waals surface area contributed by atoms with Crippen molar-refractivity contribution in [1.82, 2.24) is 0 Å². The van der Waals surface area contributed by atoms with Gasteiger partial charge in [0.25, 0.3) is 11.7 Å². The van der Waals surface area contributed by atoms with Crippen molar-refractivity contribution in [1.29, 1.82) is 0 Å². The van der Waals surface area contributed by atoms with Gasteiger partial charge in [0.15, 0.2) is 5.75 Å². The highest BCUT2D eigenvalue weighted by molar-refractivity contribution is 6.52. The van der Waals surface area contributed by atoms with Crippen LogP contribution < -0.4 is 14.4 Å². The maximum absolute atomic E-state index is 13.2. The summed E-state index contributed by atoms with van der Waals surface area (Å²) >= 11 is 12.5. The van der Waals surface area contributed by atoms with Crippen LogP contribution in [0.25, 0.3) is 5.76 Å². The third kappa shape index (κ3) is 3.92. The van der Waals surface area contributed by atoms with Crippen molar-refractivity contribution in [3.8, 4) is 11.5 Å². The molecule has 1 heterocycles. The summed E-state index contributed by atoms with van der Waals surface area (Å²) in [5.74, 6) is -1.37. The van der Waals surface area contributed by atoms with Gasteiger partial charge in [-0.25, -0.2) is 0 Å². The molecule has 0 saturated carbocycles. The highest BCUT2D eigenvalue weighted by Gasteiger charge is 2.47. The summed E-state index contributed by atoms with van der Waals surface area (Å²) < 4.78 is 10.6. The van der Waals surface area contributed by atoms with E-state index in [1.54, 1.807) is 48.5 Å². The second kappa shape index (κ2) is 9.17. The number of aliphatic hydroxyl groups is 1. The molecule has 0 aromatic heterocycles. The van der Waals surface area contributed by atoms with Gasteiger partial charge in [-0.3, -0.25) is 14.5 Å². The topological polar surface area (TPSA) is 76.1 Å². The number of aliphatic hydroxyl groups excluding tert-OH is 1. The third-order valence-corrected chi connectivity index (χ3v) is 5.94. The average Bonchev–Trinajstić information content (AvgIpc) is 3.09. The summed E-state index contributed by atoms with van der Waals surface area (Å²) in [4.78, 5) is 27.8. The summed E-state index contributed by atoms with van der Waals surface area (Å²) in [5, 5.41) is 11.5. The number of Topliss-reactive ketones (excluding diaryl/α,β-unsaturated/α-hetero) is 1. The Balaban J connectivity index is 1.97. The molecule has 0 aliphatic carbocycles. The quantitative estimate of drug-likeness (QED) is 0.288. The molecule has 3 aromatic carbocycles. The molecule has 0 bridgehead atoms. The number of carbonyl (C=O) groups is 2. The van der Waals surface area contributed by atoms with E-state index in [2.05, 4.69) is 0 Å². The second-order valence-corrected chi connectivity index (χ2v) is 8.04. The molecule has 3 aromatic rings. The van der Waals surface area contributed by atoms with E-state index in [9.17, 15) is 14.7 Å². The van der Waals surface area contributed by atoms with Gasteiger partial charge in [0.05, 0.1) is 41.6 Å². The first kappa shape index (κ1) is 22.7. The molecule has 1 saturated heterocycles. The van der Waals surface area contributed by atoms with Gasteiger partial charge in [-0.1, -0.05) is 65.7 Å². The van der Waals surface area contributed by atoms with Crippen molar-refractivity contribution in [2.75, 3.05) is 19.1 Å². The smallest absolute Gasteiger partial charge is 0.300 e. The van der Waals surface area contributed by atoms with Crippen LogP contribution in [0.1, 0.15) is 17.2 Å². The number of hydrogen-bond donors (Lipinski definition) is 1. The van der Waals surface area contributed by atoms with Crippen LogP contribution in [0.15, 0.2) is 72.3 Å². The highest BCUT2D eigenvalue weighted by Crippen LogP contribution is 2.45. The lowest BCUT2D eigenvalue weighted by Gasteiger charge is -2.26. The van der Waals surface area contributed by atoms with Gasteiger partial charge in [-0.15, -0.1) is 0 Å². The Hall–Kier alpha value is -3.48. The van der Waals surface area contributed by atoms with E-state index < -0.39 is 23.5 Å². The molecule has 4 rings (SSSR count). The van der Waals surface area contributed by atoms with Crippen LogP contribution in [-0.2, 0) is 9.59 Å². The number of ether oxygens (including phenoxy) is 2. The molecular weight excluding hydrogens is 465 g/mol. The molecule has 1 amide bonds. The number of anilines is 1. The number of benzene rings is 3. The van der Waals surface area contributed by atoms with Gasteiger partial charge in [-0.05, 0) is 29.8 Å². The van der Waals surface area contributed by atoms with Gasteiger partial charge in [0, 0.05) is 5.56 Å². The predicted molar refractivity (Wildman–Crippen MR) is 127 cm³/mol. The van der Waals surface area contributed by atoms with E-state index in [0.29, 0.717) is 17.0 Å². The van der Waals surface area contributed by atoms with Crippen LogP contribution >= 0.6 is 23.2 Å². The van der Waals surface area contributed by atoms with Crippen LogP contribution in [0.5, 0.6) is 11.5 Å². The molecule has 8 heteroatoms. The van der Waals surface area contributed by atoms with Crippen LogP contribution in [0.2, 0.25) is 10.0 Å². The van der Waals surface area contributed by atoms with E-state index in [1.165, 1.54) is 31.3 Å². The maximum atomic E-state index is 13.2. The monoisotopic (exact) mass is 483 g/mol. The lowest BCUT2D eigenvalue weighted by Crippen LogP contribution is -2.29. The Kier molecular flexibility index (Phi) is 6.31. The molecule has 1 N–H and O–H groups in total. The number of nitrogens with zero attached hydrogens (tertiary/aromatic N) is 1. The molecule has 1 fully saturated rings. The van der Waals surface area contributed by atoms with Gasteiger partial charge in [-0.2, -0.15) is 0 Å². The van der Waals surface area contributed by atoms with Gasteiger partial charge >= 0.3 is 0 Å². The summed E-state index contributed by atoms with van der Waals surface area (Å²) in [5.41, 5.74) is 1.13. The SMILES string of the molecule is COc1ccccc1N1C(=O)C(=O)/C(=C(/O)c2cc(Cl)c(OC)c(Cl)c2)C1c1ccccc1. The normalized spacial score (nSPS) is 17.3. The maximum Gasteiger partial charge on any atom is 0.300 e. The fourth-order valence-corrected chi connectivity index (χ4v) is 4.55. The Morgan fingerprint density at radius 1 is 0.909 bits per heavy atom. The molecule has 1 unspecified atom stereocenters. The number of methoxy groups -OCH3 is 2. The fourth-order valence-electron chi connectivity index (χ4n) is 3.91. The highest BCUT2D eigenvalue weighted by atomic mass is 35.5. The van der Waals surface area contributed by atoms with Crippen molar-refractivity contribution in [2.45, 2.75) is 6.04 Å². The van der Waals surface area contributed by atoms with E-state index in [-0.39, 0.29) is 26.9 Å². The summed E-state index contributed by atoms with van der Waals surface area (Å²) in [6.45, 7) is 0. The summed E-state index contributed by atoms with van der Waals surface area (Å²) in [6, 6.07) is 17.8. The van der Waals surface area contributed by atoms with Crippen molar-refractivity contribution < 1.29 is 24.2 Å². The third-order valence-electron chi connectivity index (χ3n) is 5.38. The number of para-hydroxylation sites is 2. The van der Waals surface area contributed by atoms with Crippen LogP contribution in [-0.4, -0.2) is 31.0 Å². The predicted octanol–water partition coefficient (Wildman–Crippen LogP) is 5.64. The first-order chi connectivity index (χ1) is 15.9. The molecule has 1 atom stereocenters. The van der Waals surface area contributed by atoms with Crippen molar-refractivity contribution in [3.05, 3.63) is 93.5 Å². The number of amides is 1. The molecule has 0 radical (unpaired) electrons. The molecule has 1 aliphatic heterocycles. The zero-order chi connectivity index (χ0) is 23.7. The summed E-state index contributed by atoms with van der Waals surface area (Å²) in [7, 11) is 2.90. The number of hydrogen-bond acceptors (Lipinski definition) is 5. The minimum Gasteiger partial charge on any atom is -0.507 e. The Labute approximate surface area is 200 Å². The largest absolute Gasteiger partial charge is 0.507 e. The van der Waals surface area contributed by atoms with E-state index >= 15 is 0 Å². The molecular formula is C25H19Cl2NO5. The summed E-state index contributed by atoms with van der Waals surface area (Å²) in [6.07, 6.45) is 0. The molecule has 0 spiro atoms. The fraction of sp³-hybridized carbons (Fsp3) is 0.120. The standard InChI is InChI=1S/C25H19Cl2NO5/c1-32-19-11-7-6-10-18(19)28-21(14-8-4-3-5-9-14)20(23(30)25(28)31)22(29)15-12-16(26)24(33-2)17(27)13-15/h3-13,21,29H,1-2H3/b22-20+. The second-order valence-electron chi connectivity index (χ2n) is 7.22. The van der Waals surface area contributed by atoms with Gasteiger partial charge in [0.2, 0.25) is 0 Å². The van der Waals surface area contributed by atoms with E-state index in [0.717, 1.165) is 0 Å². The van der Waals surface area contributed by atoms with Crippen LogP contribution in [0.3, 0.4) is 0 Å². The van der Waals surface area contributed by atoms with E-state index in [4.69, 9.17) is 32.7 Å². The van der Waals surface area contributed by atoms with E-state index in [1.807, 2.05) is 6.07 Å². The number of halogens is 2. The van der Waals surface area contributed by atoms with Crippen molar-refractivity contribution >= 4 is 46.3 Å². The van der Waals surface area contributed by atoms with Crippen LogP contribution in [0, 0.1) is 0 Å². The molecule has 168 valence electrons. The number of ketones is 1. The average molecular weight is 484 g/mol. The first-order valence-corrected chi connectivity index (χ1v) is 10.7. The number of rotatable bonds is 5. The first-order valence-electron chi connectivity index (χ1n) is 9.91. The minimum absolute atomic E-state index is 0.0885. The zero-order valence-corrected chi connectivity index (χ0v) is 19.2. The van der Waals surface area contributed by atoms with Gasteiger partial charge in [0.1, 0.15) is 11.5 Å². The lowest BCUT2D eigenvalue weighted by molar-refractivity contribution is -0.132. The molecule has 33 heavy (non-hydrogen) atoms. The lowest BCUT2D eigenvalue weighted by atomic mass is 9.95. The Morgan fingerprint density at radius 3 is 2.12 bits per heavy atom. The minimum atomic E-state index is -0.901. The van der Waals surface area contributed by atoms with Crippen molar-refractivity contribution in [2.24, 2.45) is 0 Å².